The van der Waals surface area contributed by atoms with Crippen LogP contribution in [0.25, 0.3) is 0 Å². The van der Waals surface area contributed by atoms with Crippen molar-refractivity contribution in [2.45, 2.75) is 13.3 Å². The van der Waals surface area contributed by atoms with Crippen molar-refractivity contribution in [1.29, 1.82) is 0 Å². The van der Waals surface area contributed by atoms with Gasteiger partial charge in [-0.2, -0.15) is 0 Å². The highest BCUT2D eigenvalue weighted by atomic mass is 35.5. The first-order chi connectivity index (χ1) is 8.19. The van der Waals surface area contributed by atoms with Gasteiger partial charge in [-0.15, -0.1) is 10.2 Å². The molecule has 6 heteroatoms. The molecule has 0 saturated heterocycles. The smallest absolute Gasteiger partial charge is 0.210 e. The van der Waals surface area contributed by atoms with Crippen LogP contribution >= 0.6 is 22.9 Å². The minimum absolute atomic E-state index is 0.592. The van der Waals surface area contributed by atoms with Crippen LogP contribution in [0, 0.1) is 6.92 Å². The van der Waals surface area contributed by atoms with E-state index in [1.165, 1.54) is 11.3 Å². The first-order valence-corrected chi connectivity index (χ1v) is 6.44. The molecule has 3 N–H and O–H groups in total. The van der Waals surface area contributed by atoms with E-state index in [2.05, 4.69) is 15.5 Å². The summed E-state index contributed by atoms with van der Waals surface area (Å²) in [5.41, 5.74) is 7.53. The molecule has 2 aromatic rings. The minimum atomic E-state index is 0.592. The molecule has 0 unspecified atom stereocenters. The molecular formula is C11H13ClN4S. The van der Waals surface area contributed by atoms with Crippen LogP contribution in [0.5, 0.6) is 0 Å². The van der Waals surface area contributed by atoms with Crippen molar-refractivity contribution < 1.29 is 0 Å². The topological polar surface area (TPSA) is 63.8 Å². The number of anilines is 2. The zero-order chi connectivity index (χ0) is 12.3. The van der Waals surface area contributed by atoms with Crippen molar-refractivity contribution in [2.24, 2.45) is 5.73 Å². The molecule has 1 aromatic heterocycles. The van der Waals surface area contributed by atoms with Crippen LogP contribution in [-0.4, -0.2) is 16.7 Å². The molecule has 0 bridgehead atoms. The lowest BCUT2D eigenvalue weighted by molar-refractivity contribution is 0.913. The second-order valence-corrected chi connectivity index (χ2v) is 5.12. The highest BCUT2D eigenvalue weighted by Gasteiger charge is 2.05. The predicted octanol–water partition coefficient (Wildman–Crippen LogP) is 2.74. The van der Waals surface area contributed by atoms with E-state index in [9.17, 15) is 0 Å². The molecule has 2 rings (SSSR count). The normalized spacial score (nSPS) is 10.5. The van der Waals surface area contributed by atoms with Crippen molar-refractivity contribution in [1.82, 2.24) is 10.2 Å². The van der Waals surface area contributed by atoms with E-state index in [-0.39, 0.29) is 0 Å². The highest BCUT2D eigenvalue weighted by molar-refractivity contribution is 7.15. The summed E-state index contributed by atoms with van der Waals surface area (Å²) < 4.78 is 0. The number of aromatic nitrogens is 2. The number of hydrogen-bond donors (Lipinski definition) is 2. The Bertz CT molecular complexity index is 512. The lowest BCUT2D eigenvalue weighted by Crippen LogP contribution is -2.01. The van der Waals surface area contributed by atoms with Gasteiger partial charge in [0.25, 0.3) is 0 Å². The van der Waals surface area contributed by atoms with Crippen molar-refractivity contribution in [2.75, 3.05) is 11.9 Å². The number of aryl methyl sites for hydroxylation is 1. The lowest BCUT2D eigenvalue weighted by Gasteiger charge is -2.05. The molecule has 1 heterocycles. The highest BCUT2D eigenvalue weighted by Crippen LogP contribution is 2.25. The molecule has 4 nitrogen and oxygen atoms in total. The monoisotopic (exact) mass is 268 g/mol. The maximum Gasteiger partial charge on any atom is 0.210 e. The summed E-state index contributed by atoms with van der Waals surface area (Å²) in [6.07, 6.45) is 0.763. The van der Waals surface area contributed by atoms with Crippen LogP contribution in [0.4, 0.5) is 10.8 Å². The Hall–Kier alpha value is -1.17. The van der Waals surface area contributed by atoms with Crippen LogP contribution in [0.1, 0.15) is 10.6 Å². The molecule has 90 valence electrons. The van der Waals surface area contributed by atoms with Crippen molar-refractivity contribution in [3.05, 3.63) is 33.8 Å². The van der Waals surface area contributed by atoms with Crippen molar-refractivity contribution >= 4 is 33.8 Å². The average molecular weight is 269 g/mol. The van der Waals surface area contributed by atoms with Crippen LogP contribution in [0.15, 0.2) is 18.2 Å². The molecule has 0 atom stereocenters. The van der Waals surface area contributed by atoms with Gasteiger partial charge in [-0.05, 0) is 37.2 Å². The first-order valence-electron chi connectivity index (χ1n) is 5.24. The second kappa shape index (κ2) is 5.44. The van der Waals surface area contributed by atoms with Gasteiger partial charge < -0.3 is 11.1 Å². The Morgan fingerprint density at radius 3 is 2.94 bits per heavy atom. The van der Waals surface area contributed by atoms with E-state index < -0.39 is 0 Å². The summed E-state index contributed by atoms with van der Waals surface area (Å²) in [5, 5.41) is 13.8. The van der Waals surface area contributed by atoms with Gasteiger partial charge in [-0.3, -0.25) is 0 Å². The van der Waals surface area contributed by atoms with E-state index in [0.717, 1.165) is 32.8 Å². The molecule has 0 spiro atoms. The first kappa shape index (κ1) is 12.3. The van der Waals surface area contributed by atoms with E-state index in [1.54, 1.807) is 0 Å². The number of nitrogens with two attached hydrogens (primary N) is 1. The summed E-state index contributed by atoms with van der Waals surface area (Å²) in [7, 11) is 0. The predicted molar refractivity (Wildman–Crippen MR) is 72.1 cm³/mol. The van der Waals surface area contributed by atoms with Crippen LogP contribution < -0.4 is 11.1 Å². The van der Waals surface area contributed by atoms with Crippen molar-refractivity contribution in [3.63, 3.8) is 0 Å². The fraction of sp³-hybridized carbons (Fsp3) is 0.273. The minimum Gasteiger partial charge on any atom is -0.330 e. The Labute approximate surface area is 109 Å². The number of halogens is 1. The molecule has 0 saturated carbocycles. The van der Waals surface area contributed by atoms with Crippen molar-refractivity contribution in [3.8, 4) is 0 Å². The fourth-order valence-electron chi connectivity index (χ4n) is 1.41. The van der Waals surface area contributed by atoms with E-state index in [1.807, 2.05) is 25.1 Å². The van der Waals surface area contributed by atoms with Gasteiger partial charge in [0, 0.05) is 17.1 Å². The maximum atomic E-state index is 5.90. The third kappa shape index (κ3) is 3.15. The molecule has 0 aliphatic carbocycles. The average Bonchev–Trinajstić information content (AvgIpc) is 2.71. The quantitative estimate of drug-likeness (QED) is 0.895. The number of nitrogens with one attached hydrogen (secondary N) is 1. The summed E-state index contributed by atoms with van der Waals surface area (Å²) in [5.74, 6) is 0. The SMILES string of the molecule is Cc1cc(Cl)ccc1Nc1nnc(CCN)s1. The van der Waals surface area contributed by atoms with Gasteiger partial charge in [-0.25, -0.2) is 0 Å². The zero-order valence-electron chi connectivity index (χ0n) is 9.40. The number of hydrogen-bond acceptors (Lipinski definition) is 5. The van der Waals surface area contributed by atoms with Crippen LogP contribution in [-0.2, 0) is 6.42 Å². The Morgan fingerprint density at radius 2 is 2.24 bits per heavy atom. The van der Waals surface area contributed by atoms with Gasteiger partial charge in [0.2, 0.25) is 5.13 Å². The zero-order valence-corrected chi connectivity index (χ0v) is 11.0. The van der Waals surface area contributed by atoms with E-state index in [0.29, 0.717) is 6.54 Å². The largest absolute Gasteiger partial charge is 0.330 e. The summed E-state index contributed by atoms with van der Waals surface area (Å²) in [4.78, 5) is 0. The number of nitrogens with zero attached hydrogens (tertiary/aromatic N) is 2. The molecule has 0 aliphatic rings. The molecule has 0 fully saturated rings. The van der Waals surface area contributed by atoms with Gasteiger partial charge >= 0.3 is 0 Å². The molecule has 17 heavy (non-hydrogen) atoms. The summed E-state index contributed by atoms with van der Waals surface area (Å²) in [6.45, 7) is 2.59. The third-order valence-corrected chi connectivity index (χ3v) is 3.39. The summed E-state index contributed by atoms with van der Waals surface area (Å²) in [6, 6.07) is 5.69. The molecule has 0 amide bonds. The summed E-state index contributed by atoms with van der Waals surface area (Å²) >= 11 is 7.42. The van der Waals surface area contributed by atoms with Gasteiger partial charge in [0.05, 0.1) is 0 Å². The number of benzene rings is 1. The van der Waals surface area contributed by atoms with E-state index in [4.69, 9.17) is 17.3 Å². The fourth-order valence-corrected chi connectivity index (χ4v) is 2.41. The maximum absolute atomic E-state index is 5.90. The molecule has 0 radical (unpaired) electrons. The van der Waals surface area contributed by atoms with Crippen LogP contribution in [0.3, 0.4) is 0 Å². The van der Waals surface area contributed by atoms with Gasteiger partial charge in [0.1, 0.15) is 5.01 Å². The lowest BCUT2D eigenvalue weighted by atomic mass is 10.2. The Morgan fingerprint density at radius 1 is 1.41 bits per heavy atom. The molecule has 1 aromatic carbocycles. The molecule has 0 aliphatic heterocycles. The van der Waals surface area contributed by atoms with Gasteiger partial charge in [-0.1, -0.05) is 22.9 Å². The number of rotatable bonds is 4. The van der Waals surface area contributed by atoms with Crippen LogP contribution in [0.2, 0.25) is 5.02 Å². The molecular weight excluding hydrogens is 256 g/mol. The van der Waals surface area contributed by atoms with E-state index >= 15 is 0 Å². The Kier molecular flexibility index (Phi) is 3.93. The third-order valence-electron chi connectivity index (χ3n) is 2.26. The Balaban J connectivity index is 2.13. The second-order valence-electron chi connectivity index (χ2n) is 3.62. The standard InChI is InChI=1S/C11H13ClN4S/c1-7-6-8(12)2-3-9(7)14-11-16-15-10(17-11)4-5-13/h2-3,6H,4-5,13H2,1H3,(H,14,16). The van der Waals surface area contributed by atoms with Gasteiger partial charge in [0.15, 0.2) is 0 Å².